The Balaban J connectivity index is 0. The van der Waals surface area contributed by atoms with Crippen LogP contribution in [0, 0.1) is 0 Å². The Kier molecular flexibility index (Phi) is 8.41. The third kappa shape index (κ3) is 5.04. The first-order valence-electron chi connectivity index (χ1n) is 2.35. The van der Waals surface area contributed by atoms with Gasteiger partial charge in [-0.2, -0.15) is 13.1 Å². The van der Waals surface area contributed by atoms with Gasteiger partial charge in [-0.1, -0.05) is 0 Å². The fourth-order valence-corrected chi connectivity index (χ4v) is 0.546. The van der Waals surface area contributed by atoms with Gasteiger partial charge >= 0.3 is 31.2 Å². The molecule has 0 aromatic carbocycles. The van der Waals surface area contributed by atoms with Crippen LogP contribution in [0.15, 0.2) is 0 Å². The van der Waals surface area contributed by atoms with Gasteiger partial charge in [-0.3, -0.25) is 5.04 Å². The normalized spacial score (nSPS) is 14.1. The summed E-state index contributed by atoms with van der Waals surface area (Å²) in [5.74, 6) is -4.87. The summed E-state index contributed by atoms with van der Waals surface area (Å²) in [4.78, 5) is 0. The summed E-state index contributed by atoms with van der Waals surface area (Å²) in [5.41, 5.74) is -3.36. The van der Waals surface area contributed by atoms with E-state index in [0.29, 0.717) is 0 Å². The summed E-state index contributed by atoms with van der Waals surface area (Å²) in [5, 5.41) is 11.5. The van der Waals surface area contributed by atoms with Crippen molar-refractivity contribution in [1.82, 2.24) is 0 Å². The van der Waals surface area contributed by atoms with Gasteiger partial charge in [-0.15, -0.1) is 0 Å². The maximum absolute atomic E-state index is 12.0. The number of rotatable bonds is 5. The van der Waals surface area contributed by atoms with Crippen molar-refractivity contribution in [2.75, 3.05) is 0 Å². The fourth-order valence-electron chi connectivity index (χ4n) is 0.214. The molecule has 0 N–H and O–H groups in total. The molecule has 0 spiro atoms. The van der Waals surface area contributed by atoms with Crippen LogP contribution in [0.3, 0.4) is 0 Å². The summed E-state index contributed by atoms with van der Waals surface area (Å²) < 4.78 is 61.5. The Bertz CT molecular complexity index is 138. The van der Waals surface area contributed by atoms with Gasteiger partial charge < -0.3 is 5.26 Å². The van der Waals surface area contributed by atoms with Gasteiger partial charge in [0.1, 0.15) is 0 Å². The molecule has 0 heterocycles. The van der Waals surface area contributed by atoms with Crippen molar-refractivity contribution in [1.29, 1.82) is 0 Å². The number of hydrogen-bond donors (Lipinski definition) is 0. The molecule has 0 aliphatic carbocycles. The molecule has 0 fully saturated rings. The van der Waals surface area contributed by atoms with E-state index in [-0.39, 0.29) is 18.9 Å². The molecule has 1 unspecified atom stereocenters. The van der Waals surface area contributed by atoms with Crippen LogP contribution in [-0.4, -0.2) is 17.9 Å². The second-order valence-electron chi connectivity index (χ2n) is 1.52. The second kappa shape index (κ2) is 6.86. The van der Waals surface area contributed by atoms with E-state index in [2.05, 4.69) is 9.37 Å². The molecule has 0 amide bonds. The first-order chi connectivity index (χ1) is 5.42. The molecule has 0 saturated carbocycles. The average Bonchev–Trinajstić information content (AvgIpc) is 1.99. The van der Waals surface area contributed by atoms with Crippen LogP contribution in [-0.2, 0) is 9.37 Å². The Labute approximate surface area is 85.8 Å². The van der Waals surface area contributed by atoms with Gasteiger partial charge in [0.2, 0.25) is 5.50 Å². The van der Waals surface area contributed by atoms with Crippen molar-refractivity contribution >= 4 is 12.0 Å². The molecule has 0 radical (unpaired) electrons. The molecule has 0 aromatic rings. The molecule has 0 rings (SSSR count). The van der Waals surface area contributed by atoms with Crippen molar-refractivity contribution in [2.45, 2.75) is 17.9 Å². The molecule has 0 aliphatic rings. The quantitative estimate of drug-likeness (QED) is 0.178. The molecule has 3 nitrogen and oxygen atoms in total. The van der Waals surface area contributed by atoms with Crippen LogP contribution >= 0.6 is 12.0 Å². The maximum atomic E-state index is 12.0. The molecule has 0 saturated heterocycles. The van der Waals surface area contributed by atoms with E-state index in [1.807, 2.05) is 0 Å². The molecule has 0 aliphatic heterocycles. The Morgan fingerprint density at radius 3 is 2.00 bits per heavy atom. The SMILES string of the molecule is [Li+].[O-]OOSC(F)C(F)(F)C(F)F. The minimum atomic E-state index is -4.87. The van der Waals surface area contributed by atoms with Crippen molar-refractivity contribution in [3.63, 3.8) is 0 Å². The van der Waals surface area contributed by atoms with Crippen LogP contribution in [0.25, 0.3) is 0 Å². The van der Waals surface area contributed by atoms with Crippen LogP contribution in [0.4, 0.5) is 22.0 Å². The fraction of sp³-hybridized carbons (Fsp3) is 1.00. The van der Waals surface area contributed by atoms with Gasteiger partial charge in [0.15, 0.2) is 0 Å². The van der Waals surface area contributed by atoms with Crippen LogP contribution in [0.1, 0.15) is 0 Å². The monoisotopic (exact) mass is 220 g/mol. The molecular formula is C3H2F5LiO3S. The van der Waals surface area contributed by atoms with Crippen molar-refractivity contribution in [3.8, 4) is 0 Å². The Morgan fingerprint density at radius 2 is 1.69 bits per heavy atom. The van der Waals surface area contributed by atoms with Gasteiger partial charge in [-0.05, 0) is 0 Å². The molecular weight excluding hydrogens is 218 g/mol. The van der Waals surface area contributed by atoms with Crippen molar-refractivity contribution < 1.29 is 55.4 Å². The first-order valence-corrected chi connectivity index (χ1v) is 3.15. The van der Waals surface area contributed by atoms with Crippen molar-refractivity contribution in [2.24, 2.45) is 0 Å². The van der Waals surface area contributed by atoms with E-state index in [1.165, 1.54) is 0 Å². The minimum absolute atomic E-state index is 0. The van der Waals surface area contributed by atoms with Crippen molar-refractivity contribution in [3.05, 3.63) is 0 Å². The van der Waals surface area contributed by atoms with E-state index in [0.717, 1.165) is 0 Å². The number of hydrogen-bond acceptors (Lipinski definition) is 4. The third-order valence-corrected chi connectivity index (χ3v) is 1.36. The Morgan fingerprint density at radius 1 is 1.23 bits per heavy atom. The summed E-state index contributed by atoms with van der Waals surface area (Å²) in [6, 6.07) is 0. The predicted octanol–water partition coefficient (Wildman–Crippen LogP) is -1.94. The van der Waals surface area contributed by atoms with Crippen LogP contribution < -0.4 is 24.1 Å². The first kappa shape index (κ1) is 15.9. The zero-order valence-corrected chi connectivity index (χ0v) is 6.99. The summed E-state index contributed by atoms with van der Waals surface area (Å²) in [6.45, 7) is 0. The third-order valence-electron chi connectivity index (χ3n) is 0.745. The van der Waals surface area contributed by atoms with Gasteiger partial charge in [0, 0.05) is 0 Å². The molecule has 0 bridgehead atoms. The molecule has 1 atom stereocenters. The minimum Gasteiger partial charge on any atom is -0.691 e. The van der Waals surface area contributed by atoms with Gasteiger partial charge in [-0.25, -0.2) is 13.2 Å². The van der Waals surface area contributed by atoms with E-state index in [1.54, 1.807) is 0 Å². The molecule has 0 aromatic heterocycles. The van der Waals surface area contributed by atoms with Gasteiger partial charge in [0.25, 0.3) is 0 Å². The predicted molar refractivity (Wildman–Crippen MR) is 25.6 cm³/mol. The topological polar surface area (TPSA) is 41.5 Å². The van der Waals surface area contributed by atoms with Crippen LogP contribution in [0.2, 0.25) is 0 Å². The number of halogens is 5. The zero-order chi connectivity index (χ0) is 9.78. The smallest absolute Gasteiger partial charge is 0.691 e. The maximum Gasteiger partial charge on any atom is 1.00 e. The van der Waals surface area contributed by atoms with Crippen LogP contribution in [0.5, 0.6) is 0 Å². The molecule has 10 heteroatoms. The Hall–Kier alpha value is 0.477. The molecule has 74 valence electrons. The van der Waals surface area contributed by atoms with E-state index < -0.39 is 29.9 Å². The second-order valence-corrected chi connectivity index (χ2v) is 2.27. The average molecular weight is 220 g/mol. The summed E-state index contributed by atoms with van der Waals surface area (Å²) >= 11 is -0.820. The standard InChI is InChI=1S/C3H3F5O3S.Li/c4-1(5)3(7,8)2(6)12-11-10-9;/h1-2,9H;/q;+1/p-1. The van der Waals surface area contributed by atoms with E-state index in [9.17, 15) is 22.0 Å². The zero-order valence-electron chi connectivity index (χ0n) is 6.18. The van der Waals surface area contributed by atoms with E-state index in [4.69, 9.17) is 5.26 Å². The van der Waals surface area contributed by atoms with Gasteiger partial charge in [0.05, 0.1) is 12.0 Å². The molecule has 13 heavy (non-hydrogen) atoms. The van der Waals surface area contributed by atoms with E-state index >= 15 is 0 Å². The summed E-state index contributed by atoms with van der Waals surface area (Å²) in [7, 11) is 0. The largest absolute Gasteiger partial charge is 1.00 e. The summed E-state index contributed by atoms with van der Waals surface area (Å²) in [6.07, 6.45) is -4.17. The number of alkyl halides is 5.